The molecule has 0 saturated carbocycles. The van der Waals surface area contributed by atoms with Crippen LogP contribution in [0.3, 0.4) is 0 Å². The van der Waals surface area contributed by atoms with Crippen molar-refractivity contribution in [2.45, 2.75) is 25.4 Å². The van der Waals surface area contributed by atoms with E-state index < -0.39 is 36.1 Å². The number of halogens is 3. The summed E-state index contributed by atoms with van der Waals surface area (Å²) in [6.07, 6.45) is -4.55. The van der Waals surface area contributed by atoms with Gasteiger partial charge in [-0.05, 0) is 6.92 Å². The lowest BCUT2D eigenvalue weighted by atomic mass is 10.3. The van der Waals surface area contributed by atoms with E-state index in [1.54, 1.807) is 6.92 Å². The Morgan fingerprint density at radius 1 is 1.60 bits per heavy atom. The molecule has 0 spiro atoms. The number of nitrogens with zero attached hydrogens (tertiary/aromatic N) is 3. The maximum Gasteiger partial charge on any atom is 0.436 e. The summed E-state index contributed by atoms with van der Waals surface area (Å²) in [5.74, 6) is -0.451. The van der Waals surface area contributed by atoms with Gasteiger partial charge in [-0.15, -0.1) is 6.58 Å². The number of aromatic nitrogens is 1. The van der Waals surface area contributed by atoms with Gasteiger partial charge in [-0.1, -0.05) is 11.2 Å². The van der Waals surface area contributed by atoms with E-state index >= 15 is 0 Å². The third kappa shape index (κ3) is 2.24. The molecular formula is C11H12F3N3O3. The largest absolute Gasteiger partial charge is 0.436 e. The predicted molar refractivity (Wildman–Crippen MR) is 61.8 cm³/mol. The van der Waals surface area contributed by atoms with Crippen LogP contribution in [-0.2, 0) is 6.18 Å². The Hall–Kier alpha value is -2.03. The lowest BCUT2D eigenvalue weighted by molar-refractivity contribution is -0.142. The summed E-state index contributed by atoms with van der Waals surface area (Å²) in [5, 5.41) is 12.8. The number of aliphatic hydroxyl groups excluding tert-OH is 1. The Balaban J connectivity index is 2.31. The standard InChI is InChI=1S/C11H12F3N3O3/c1-3-4-16-6(2)9(18)17(10(16)19)8-5-7(15-20-8)11(12,13)14/h3,5-6,9,18H,1,4H2,2H3. The maximum atomic E-state index is 12.4. The van der Waals surface area contributed by atoms with Gasteiger partial charge in [0.1, 0.15) is 0 Å². The number of carbonyl (C=O) groups excluding carboxylic acids is 1. The molecule has 6 nitrogen and oxygen atoms in total. The molecule has 0 radical (unpaired) electrons. The van der Waals surface area contributed by atoms with Crippen LogP contribution in [0.25, 0.3) is 0 Å². The van der Waals surface area contributed by atoms with Gasteiger partial charge in [-0.25, -0.2) is 9.69 Å². The average Bonchev–Trinajstić information content (AvgIpc) is 2.90. The first kappa shape index (κ1) is 14.4. The van der Waals surface area contributed by atoms with E-state index in [-0.39, 0.29) is 6.54 Å². The summed E-state index contributed by atoms with van der Waals surface area (Å²) >= 11 is 0. The van der Waals surface area contributed by atoms with Crippen LogP contribution in [0.5, 0.6) is 0 Å². The first-order valence-corrected chi connectivity index (χ1v) is 5.70. The molecular weight excluding hydrogens is 279 g/mol. The van der Waals surface area contributed by atoms with Crippen LogP contribution in [0.15, 0.2) is 23.2 Å². The van der Waals surface area contributed by atoms with Crippen LogP contribution in [0.1, 0.15) is 12.6 Å². The zero-order chi connectivity index (χ0) is 15.1. The first-order valence-electron chi connectivity index (χ1n) is 5.70. The van der Waals surface area contributed by atoms with Gasteiger partial charge in [0.15, 0.2) is 11.9 Å². The molecule has 1 fully saturated rings. The van der Waals surface area contributed by atoms with E-state index in [1.165, 1.54) is 11.0 Å². The monoisotopic (exact) mass is 291 g/mol. The predicted octanol–water partition coefficient (Wildman–Crippen LogP) is 1.83. The smallest absolute Gasteiger partial charge is 0.371 e. The molecule has 1 aliphatic heterocycles. The van der Waals surface area contributed by atoms with Crippen molar-refractivity contribution in [3.8, 4) is 0 Å². The zero-order valence-corrected chi connectivity index (χ0v) is 10.5. The van der Waals surface area contributed by atoms with E-state index in [4.69, 9.17) is 0 Å². The van der Waals surface area contributed by atoms with Crippen molar-refractivity contribution in [1.29, 1.82) is 0 Å². The van der Waals surface area contributed by atoms with Crippen LogP contribution in [0.4, 0.5) is 23.8 Å². The van der Waals surface area contributed by atoms with Crippen molar-refractivity contribution < 1.29 is 27.6 Å². The summed E-state index contributed by atoms with van der Waals surface area (Å²) in [6, 6.07) is -0.708. The number of urea groups is 1. The minimum absolute atomic E-state index is 0.161. The molecule has 110 valence electrons. The van der Waals surface area contributed by atoms with Crippen molar-refractivity contribution in [3.05, 3.63) is 24.4 Å². The number of rotatable bonds is 3. The highest BCUT2D eigenvalue weighted by molar-refractivity contribution is 5.93. The normalized spacial score (nSPS) is 23.6. The molecule has 1 aromatic rings. The van der Waals surface area contributed by atoms with Crippen LogP contribution in [-0.4, -0.2) is 40.0 Å². The van der Waals surface area contributed by atoms with Crippen LogP contribution in [0.2, 0.25) is 0 Å². The Morgan fingerprint density at radius 2 is 2.25 bits per heavy atom. The molecule has 0 bridgehead atoms. The molecule has 2 atom stereocenters. The van der Waals surface area contributed by atoms with Gasteiger partial charge in [-0.3, -0.25) is 0 Å². The topological polar surface area (TPSA) is 69.8 Å². The fraction of sp³-hybridized carbons (Fsp3) is 0.455. The van der Waals surface area contributed by atoms with E-state index in [0.29, 0.717) is 6.07 Å². The number of hydrogen-bond acceptors (Lipinski definition) is 4. The maximum absolute atomic E-state index is 12.4. The van der Waals surface area contributed by atoms with E-state index in [1.807, 2.05) is 0 Å². The highest BCUT2D eigenvalue weighted by Crippen LogP contribution is 2.34. The average molecular weight is 291 g/mol. The Bertz CT molecular complexity index is 528. The van der Waals surface area contributed by atoms with Crippen molar-refractivity contribution in [2.75, 3.05) is 11.4 Å². The number of hydrogen-bond donors (Lipinski definition) is 1. The van der Waals surface area contributed by atoms with E-state index in [2.05, 4.69) is 16.3 Å². The molecule has 9 heteroatoms. The summed E-state index contributed by atoms with van der Waals surface area (Å²) in [4.78, 5) is 14.0. The molecule has 2 heterocycles. The molecule has 2 amide bonds. The highest BCUT2D eigenvalue weighted by atomic mass is 19.4. The summed E-state index contributed by atoms with van der Waals surface area (Å²) in [7, 11) is 0. The molecule has 20 heavy (non-hydrogen) atoms. The molecule has 1 aromatic heterocycles. The van der Waals surface area contributed by atoms with Gasteiger partial charge >= 0.3 is 12.2 Å². The van der Waals surface area contributed by atoms with Gasteiger partial charge in [0.2, 0.25) is 5.88 Å². The van der Waals surface area contributed by atoms with E-state index in [0.717, 1.165) is 4.90 Å². The Morgan fingerprint density at radius 3 is 2.75 bits per heavy atom. The second kappa shape index (κ2) is 4.82. The minimum Gasteiger partial charge on any atom is -0.371 e. The summed E-state index contributed by atoms with van der Waals surface area (Å²) in [6.45, 7) is 5.20. The second-order valence-electron chi connectivity index (χ2n) is 4.30. The van der Waals surface area contributed by atoms with Gasteiger partial charge < -0.3 is 14.5 Å². The van der Waals surface area contributed by atoms with Gasteiger partial charge in [-0.2, -0.15) is 13.2 Å². The number of alkyl halides is 3. The zero-order valence-electron chi connectivity index (χ0n) is 10.5. The van der Waals surface area contributed by atoms with Gasteiger partial charge in [0.05, 0.1) is 6.04 Å². The number of amides is 2. The van der Waals surface area contributed by atoms with Crippen molar-refractivity contribution in [2.24, 2.45) is 0 Å². The molecule has 1 N–H and O–H groups in total. The third-order valence-corrected chi connectivity index (χ3v) is 2.99. The summed E-state index contributed by atoms with van der Waals surface area (Å²) in [5.41, 5.74) is -1.26. The fourth-order valence-corrected chi connectivity index (χ4v) is 1.92. The minimum atomic E-state index is -4.68. The number of anilines is 1. The first-order chi connectivity index (χ1) is 9.27. The van der Waals surface area contributed by atoms with Crippen molar-refractivity contribution in [1.82, 2.24) is 10.1 Å². The van der Waals surface area contributed by atoms with Crippen molar-refractivity contribution >= 4 is 11.9 Å². The van der Waals surface area contributed by atoms with Gasteiger partial charge in [0.25, 0.3) is 0 Å². The molecule has 2 rings (SSSR count). The van der Waals surface area contributed by atoms with Crippen LogP contribution < -0.4 is 4.90 Å². The van der Waals surface area contributed by atoms with Crippen LogP contribution >= 0.6 is 0 Å². The Kier molecular flexibility index (Phi) is 3.46. The van der Waals surface area contributed by atoms with Gasteiger partial charge in [0, 0.05) is 12.6 Å². The lowest BCUT2D eigenvalue weighted by Gasteiger charge is -2.17. The quantitative estimate of drug-likeness (QED) is 0.863. The second-order valence-corrected chi connectivity index (χ2v) is 4.30. The SMILES string of the molecule is C=CCN1C(=O)N(c2cc(C(F)(F)F)no2)C(O)C1C. The molecule has 1 saturated heterocycles. The van der Waals surface area contributed by atoms with E-state index in [9.17, 15) is 23.1 Å². The lowest BCUT2D eigenvalue weighted by Crippen LogP contribution is -2.35. The Labute approximate surface area is 112 Å². The molecule has 0 aliphatic carbocycles. The molecule has 1 aliphatic rings. The number of carbonyl (C=O) groups is 1. The highest BCUT2D eigenvalue weighted by Gasteiger charge is 2.45. The van der Waals surface area contributed by atoms with Crippen LogP contribution in [0, 0.1) is 0 Å². The number of aliphatic hydroxyl groups is 1. The van der Waals surface area contributed by atoms with Crippen molar-refractivity contribution in [3.63, 3.8) is 0 Å². The third-order valence-electron chi connectivity index (χ3n) is 2.99. The molecule has 0 aromatic carbocycles. The molecule has 2 unspecified atom stereocenters. The summed E-state index contributed by atoms with van der Waals surface area (Å²) < 4.78 is 41.8. The fourth-order valence-electron chi connectivity index (χ4n) is 1.92.